The van der Waals surface area contributed by atoms with Gasteiger partial charge in [0.25, 0.3) is 0 Å². The summed E-state index contributed by atoms with van der Waals surface area (Å²) >= 11 is 0. The zero-order valence-corrected chi connectivity index (χ0v) is 11.6. The molecule has 18 heavy (non-hydrogen) atoms. The zero-order valence-electron chi connectivity index (χ0n) is 11.6. The molecule has 0 aliphatic heterocycles. The van der Waals surface area contributed by atoms with Crippen LogP contribution in [0.2, 0.25) is 0 Å². The Labute approximate surface area is 110 Å². The molecule has 0 aliphatic rings. The second-order valence-electron chi connectivity index (χ2n) is 4.45. The number of ether oxygens (including phenoxy) is 2. The first-order chi connectivity index (χ1) is 8.67. The van der Waals surface area contributed by atoms with Crippen molar-refractivity contribution in [3.8, 4) is 5.75 Å². The second-order valence-corrected chi connectivity index (χ2v) is 4.45. The summed E-state index contributed by atoms with van der Waals surface area (Å²) in [5, 5.41) is 9.99. The van der Waals surface area contributed by atoms with Crippen molar-refractivity contribution < 1.29 is 14.6 Å². The smallest absolute Gasteiger partial charge is 0.119 e. The number of aliphatic hydroxyl groups is 1. The third-order valence-corrected chi connectivity index (χ3v) is 2.81. The molecule has 2 atom stereocenters. The molecule has 0 radical (unpaired) electrons. The van der Waals surface area contributed by atoms with Gasteiger partial charge < -0.3 is 14.6 Å². The number of benzene rings is 1. The fourth-order valence-electron chi connectivity index (χ4n) is 1.79. The number of rotatable bonds is 8. The highest BCUT2D eigenvalue weighted by Crippen LogP contribution is 2.18. The molecule has 0 aliphatic carbocycles. The van der Waals surface area contributed by atoms with Crippen LogP contribution in [0.3, 0.4) is 0 Å². The van der Waals surface area contributed by atoms with Crippen molar-refractivity contribution in [2.24, 2.45) is 0 Å². The number of hydrogen-bond donors (Lipinski definition) is 1. The molecule has 3 heteroatoms. The van der Waals surface area contributed by atoms with E-state index >= 15 is 0 Å². The SMILES string of the molecule is CCCC(C)OCC(O)c1ccc(OCC)cc1. The van der Waals surface area contributed by atoms with Crippen LogP contribution in [0.15, 0.2) is 24.3 Å². The Morgan fingerprint density at radius 1 is 1.17 bits per heavy atom. The van der Waals surface area contributed by atoms with E-state index in [0.717, 1.165) is 24.2 Å². The lowest BCUT2D eigenvalue weighted by Crippen LogP contribution is -2.14. The summed E-state index contributed by atoms with van der Waals surface area (Å²) in [7, 11) is 0. The zero-order chi connectivity index (χ0) is 13.4. The minimum atomic E-state index is -0.569. The maximum atomic E-state index is 9.99. The summed E-state index contributed by atoms with van der Waals surface area (Å²) in [6.45, 7) is 7.11. The molecule has 0 bridgehead atoms. The lowest BCUT2D eigenvalue weighted by Gasteiger charge is -2.16. The van der Waals surface area contributed by atoms with Gasteiger partial charge >= 0.3 is 0 Å². The van der Waals surface area contributed by atoms with Crippen molar-refractivity contribution in [1.82, 2.24) is 0 Å². The maximum absolute atomic E-state index is 9.99. The van der Waals surface area contributed by atoms with Crippen LogP contribution < -0.4 is 4.74 Å². The number of aliphatic hydroxyl groups excluding tert-OH is 1. The van der Waals surface area contributed by atoms with E-state index in [4.69, 9.17) is 9.47 Å². The van der Waals surface area contributed by atoms with E-state index in [1.165, 1.54) is 0 Å². The highest BCUT2D eigenvalue weighted by molar-refractivity contribution is 5.28. The van der Waals surface area contributed by atoms with Gasteiger partial charge in [-0.2, -0.15) is 0 Å². The summed E-state index contributed by atoms with van der Waals surface area (Å²) < 4.78 is 11.0. The predicted octanol–water partition coefficient (Wildman–Crippen LogP) is 3.32. The molecule has 0 spiro atoms. The predicted molar refractivity (Wildman–Crippen MR) is 72.9 cm³/mol. The first kappa shape index (κ1) is 15.0. The van der Waals surface area contributed by atoms with Gasteiger partial charge in [0, 0.05) is 0 Å². The Morgan fingerprint density at radius 2 is 1.83 bits per heavy atom. The van der Waals surface area contributed by atoms with Gasteiger partial charge in [-0.05, 0) is 38.0 Å². The van der Waals surface area contributed by atoms with Crippen molar-refractivity contribution in [3.63, 3.8) is 0 Å². The lowest BCUT2D eigenvalue weighted by molar-refractivity contribution is -0.00585. The molecule has 2 unspecified atom stereocenters. The summed E-state index contributed by atoms with van der Waals surface area (Å²) in [5.74, 6) is 0.828. The first-order valence-corrected chi connectivity index (χ1v) is 6.69. The molecular formula is C15H24O3. The number of hydrogen-bond acceptors (Lipinski definition) is 3. The maximum Gasteiger partial charge on any atom is 0.119 e. The molecule has 1 rings (SSSR count). The van der Waals surface area contributed by atoms with E-state index in [-0.39, 0.29) is 6.10 Å². The summed E-state index contributed by atoms with van der Waals surface area (Å²) in [5.41, 5.74) is 0.863. The average Bonchev–Trinajstić information content (AvgIpc) is 2.37. The molecular weight excluding hydrogens is 228 g/mol. The molecule has 1 aromatic rings. The monoisotopic (exact) mass is 252 g/mol. The molecule has 0 heterocycles. The van der Waals surface area contributed by atoms with Crippen molar-refractivity contribution in [2.75, 3.05) is 13.2 Å². The van der Waals surface area contributed by atoms with Crippen molar-refractivity contribution >= 4 is 0 Å². The molecule has 3 nitrogen and oxygen atoms in total. The van der Waals surface area contributed by atoms with Crippen LogP contribution >= 0.6 is 0 Å². The average molecular weight is 252 g/mol. The summed E-state index contributed by atoms with van der Waals surface area (Å²) in [6, 6.07) is 7.50. The van der Waals surface area contributed by atoms with E-state index in [1.807, 2.05) is 38.1 Å². The molecule has 1 aromatic carbocycles. The van der Waals surface area contributed by atoms with Gasteiger partial charge in [-0.3, -0.25) is 0 Å². The van der Waals surface area contributed by atoms with Crippen LogP contribution in [0.25, 0.3) is 0 Å². The Bertz CT molecular complexity index is 321. The van der Waals surface area contributed by atoms with E-state index in [1.54, 1.807) is 0 Å². The summed E-state index contributed by atoms with van der Waals surface area (Å²) in [6.07, 6.45) is 1.75. The van der Waals surface area contributed by atoms with Gasteiger partial charge in [0.15, 0.2) is 0 Å². The topological polar surface area (TPSA) is 38.7 Å². The molecule has 0 amide bonds. The van der Waals surface area contributed by atoms with Crippen LogP contribution in [0.4, 0.5) is 0 Å². The molecule has 0 saturated carbocycles. The van der Waals surface area contributed by atoms with Gasteiger partial charge in [0.2, 0.25) is 0 Å². The third-order valence-electron chi connectivity index (χ3n) is 2.81. The molecule has 102 valence electrons. The van der Waals surface area contributed by atoms with Crippen LogP contribution in [0, 0.1) is 0 Å². The third kappa shape index (κ3) is 5.07. The molecule has 0 aromatic heterocycles. The van der Waals surface area contributed by atoms with E-state index < -0.39 is 6.10 Å². The van der Waals surface area contributed by atoms with Gasteiger partial charge in [-0.1, -0.05) is 25.5 Å². The Kier molecular flexibility index (Phi) is 6.76. The van der Waals surface area contributed by atoms with Crippen molar-refractivity contribution in [3.05, 3.63) is 29.8 Å². The minimum absolute atomic E-state index is 0.201. The van der Waals surface area contributed by atoms with Gasteiger partial charge in [0.1, 0.15) is 11.9 Å². The Hall–Kier alpha value is -1.06. The molecule has 1 N–H and O–H groups in total. The van der Waals surface area contributed by atoms with Crippen molar-refractivity contribution in [2.45, 2.75) is 45.8 Å². The van der Waals surface area contributed by atoms with Gasteiger partial charge in [0.05, 0.1) is 19.3 Å². The van der Waals surface area contributed by atoms with Crippen LogP contribution in [0.1, 0.15) is 45.3 Å². The molecule has 0 fully saturated rings. The van der Waals surface area contributed by atoms with Gasteiger partial charge in [-0.15, -0.1) is 0 Å². The standard InChI is InChI=1S/C15H24O3/c1-4-6-12(3)18-11-15(16)13-7-9-14(10-8-13)17-5-2/h7-10,12,15-16H,4-6,11H2,1-3H3. The van der Waals surface area contributed by atoms with Gasteiger partial charge in [-0.25, -0.2) is 0 Å². The van der Waals surface area contributed by atoms with Crippen molar-refractivity contribution in [1.29, 1.82) is 0 Å². The summed E-state index contributed by atoms with van der Waals surface area (Å²) in [4.78, 5) is 0. The van der Waals surface area contributed by atoms with Crippen LogP contribution in [0.5, 0.6) is 5.75 Å². The normalized spacial score (nSPS) is 14.2. The Balaban J connectivity index is 2.43. The second kappa shape index (κ2) is 8.11. The van der Waals surface area contributed by atoms with E-state index in [2.05, 4.69) is 6.92 Å². The highest BCUT2D eigenvalue weighted by atomic mass is 16.5. The molecule has 0 saturated heterocycles. The largest absolute Gasteiger partial charge is 0.494 e. The fourth-order valence-corrected chi connectivity index (χ4v) is 1.79. The van der Waals surface area contributed by atoms with Crippen LogP contribution in [-0.2, 0) is 4.74 Å². The quantitative estimate of drug-likeness (QED) is 0.771. The van der Waals surface area contributed by atoms with E-state index in [9.17, 15) is 5.11 Å². The lowest BCUT2D eigenvalue weighted by atomic mass is 10.1. The van der Waals surface area contributed by atoms with E-state index in [0.29, 0.717) is 13.2 Å². The fraction of sp³-hybridized carbons (Fsp3) is 0.600. The highest BCUT2D eigenvalue weighted by Gasteiger charge is 2.10. The minimum Gasteiger partial charge on any atom is -0.494 e. The van der Waals surface area contributed by atoms with Crippen LogP contribution in [-0.4, -0.2) is 24.4 Å². The Morgan fingerprint density at radius 3 is 2.39 bits per heavy atom. The first-order valence-electron chi connectivity index (χ1n) is 6.69.